The third-order valence-electron chi connectivity index (χ3n) is 4.49. The molecule has 0 aliphatic carbocycles. The Hall–Kier alpha value is -2.67. The van der Waals surface area contributed by atoms with E-state index >= 15 is 0 Å². The molecule has 0 atom stereocenters. The quantitative estimate of drug-likeness (QED) is 0.539. The minimum Gasteiger partial charge on any atom is -0.350 e. The number of halogens is 1. The van der Waals surface area contributed by atoms with Crippen molar-refractivity contribution < 1.29 is 9.72 Å². The van der Waals surface area contributed by atoms with Crippen LogP contribution in [0.25, 0.3) is 10.9 Å². The molecule has 1 aliphatic heterocycles. The zero-order valence-corrected chi connectivity index (χ0v) is 14.7. The van der Waals surface area contributed by atoms with E-state index in [-0.39, 0.29) is 11.6 Å². The predicted molar refractivity (Wildman–Crippen MR) is 97.9 cm³/mol. The number of nitrogens with zero attached hydrogens (tertiary/aromatic N) is 2. The minimum atomic E-state index is -0.415. The fourth-order valence-electron chi connectivity index (χ4n) is 3.36. The van der Waals surface area contributed by atoms with Gasteiger partial charge >= 0.3 is 0 Å². The number of non-ortho nitro benzene ring substituents is 1. The number of carbonyl (C=O) groups is 1. The number of hydrogen-bond acceptors (Lipinski definition) is 3. The largest absolute Gasteiger partial charge is 0.350 e. The van der Waals surface area contributed by atoms with E-state index < -0.39 is 4.92 Å². The van der Waals surface area contributed by atoms with E-state index in [0.29, 0.717) is 18.8 Å². The molecule has 2 heterocycles. The van der Waals surface area contributed by atoms with Crippen LogP contribution in [0.5, 0.6) is 0 Å². The molecular formula is C18H14BrN3O3. The zero-order valence-electron chi connectivity index (χ0n) is 13.2. The molecule has 3 aromatic rings. The Morgan fingerprint density at radius 2 is 1.96 bits per heavy atom. The van der Waals surface area contributed by atoms with Gasteiger partial charge in [0.2, 0.25) is 0 Å². The summed E-state index contributed by atoms with van der Waals surface area (Å²) in [5.74, 6) is -0.0736. The van der Waals surface area contributed by atoms with Crippen molar-refractivity contribution in [1.82, 2.24) is 9.88 Å². The van der Waals surface area contributed by atoms with Crippen molar-refractivity contribution in [3.8, 4) is 0 Å². The average molecular weight is 400 g/mol. The Balaban J connectivity index is 1.85. The highest BCUT2D eigenvalue weighted by Gasteiger charge is 2.26. The molecule has 0 saturated carbocycles. The van der Waals surface area contributed by atoms with Gasteiger partial charge in [0.25, 0.3) is 11.6 Å². The number of hydrogen-bond donors (Lipinski definition) is 1. The van der Waals surface area contributed by atoms with Crippen LogP contribution in [0, 0.1) is 10.1 Å². The fraction of sp³-hybridized carbons (Fsp3) is 0.167. The van der Waals surface area contributed by atoms with E-state index in [1.807, 2.05) is 22.8 Å². The molecule has 7 heteroatoms. The third-order valence-corrected chi connectivity index (χ3v) is 4.99. The number of carbonyl (C=O) groups excluding carboxylic acids is 1. The molecule has 6 nitrogen and oxygen atoms in total. The smallest absolute Gasteiger partial charge is 0.269 e. The van der Waals surface area contributed by atoms with Crippen LogP contribution in [-0.2, 0) is 13.0 Å². The number of nitrogens with one attached hydrogen (secondary N) is 1. The molecule has 1 amide bonds. The molecule has 0 radical (unpaired) electrons. The first-order chi connectivity index (χ1) is 12.0. The highest BCUT2D eigenvalue weighted by Crippen LogP contribution is 2.31. The third kappa shape index (κ3) is 2.70. The van der Waals surface area contributed by atoms with Crippen molar-refractivity contribution in [3.05, 3.63) is 73.9 Å². The van der Waals surface area contributed by atoms with Crippen LogP contribution in [-0.4, -0.2) is 21.9 Å². The lowest BCUT2D eigenvalue weighted by Gasteiger charge is -2.16. The van der Waals surface area contributed by atoms with Crippen molar-refractivity contribution in [1.29, 1.82) is 0 Å². The highest BCUT2D eigenvalue weighted by atomic mass is 79.9. The maximum absolute atomic E-state index is 12.5. The van der Waals surface area contributed by atoms with E-state index in [4.69, 9.17) is 0 Å². The van der Waals surface area contributed by atoms with Gasteiger partial charge in [0.05, 0.1) is 4.92 Å². The van der Waals surface area contributed by atoms with Gasteiger partial charge in [-0.05, 0) is 35.7 Å². The summed E-state index contributed by atoms with van der Waals surface area (Å²) in [4.78, 5) is 22.9. The average Bonchev–Trinajstić information content (AvgIpc) is 2.90. The van der Waals surface area contributed by atoms with E-state index in [0.717, 1.165) is 32.9 Å². The van der Waals surface area contributed by atoms with Crippen molar-refractivity contribution >= 4 is 38.4 Å². The van der Waals surface area contributed by atoms with E-state index in [1.54, 1.807) is 12.1 Å². The maximum Gasteiger partial charge on any atom is 0.269 e. The Morgan fingerprint density at radius 1 is 1.20 bits per heavy atom. The van der Waals surface area contributed by atoms with E-state index in [2.05, 4.69) is 21.2 Å². The van der Waals surface area contributed by atoms with Crippen molar-refractivity contribution in [2.24, 2.45) is 0 Å². The van der Waals surface area contributed by atoms with Crippen LogP contribution in [0.2, 0.25) is 0 Å². The summed E-state index contributed by atoms with van der Waals surface area (Å²) in [5.41, 5.74) is 3.69. The molecule has 126 valence electrons. The maximum atomic E-state index is 12.5. The second-order valence-electron chi connectivity index (χ2n) is 6.00. The molecule has 1 aliphatic rings. The van der Waals surface area contributed by atoms with Crippen LogP contribution in [0.3, 0.4) is 0 Å². The summed E-state index contributed by atoms with van der Waals surface area (Å²) in [6.07, 6.45) is 0.793. The van der Waals surface area contributed by atoms with Crippen LogP contribution >= 0.6 is 15.9 Å². The van der Waals surface area contributed by atoms with E-state index in [9.17, 15) is 14.9 Å². The van der Waals surface area contributed by atoms with Gasteiger partial charge in [0.1, 0.15) is 5.69 Å². The van der Waals surface area contributed by atoms with Crippen molar-refractivity contribution in [2.45, 2.75) is 13.0 Å². The summed E-state index contributed by atoms with van der Waals surface area (Å²) in [7, 11) is 0. The van der Waals surface area contributed by atoms with Gasteiger partial charge in [-0.3, -0.25) is 14.9 Å². The van der Waals surface area contributed by atoms with Gasteiger partial charge in [-0.15, -0.1) is 0 Å². The number of amides is 1. The normalized spacial score (nSPS) is 13.6. The van der Waals surface area contributed by atoms with Crippen LogP contribution in [0.15, 0.2) is 46.9 Å². The SMILES string of the molecule is O=C1NCCc2c1n(Cc1ccc([N+](=O)[O-])cc1)c1ccc(Br)cc21. The monoisotopic (exact) mass is 399 g/mol. The number of rotatable bonds is 3. The Morgan fingerprint density at radius 3 is 2.68 bits per heavy atom. The number of nitro groups is 1. The minimum absolute atomic E-state index is 0.0600. The Bertz CT molecular complexity index is 1010. The molecule has 0 bridgehead atoms. The van der Waals surface area contributed by atoms with Gasteiger partial charge in [0.15, 0.2) is 0 Å². The lowest BCUT2D eigenvalue weighted by molar-refractivity contribution is -0.384. The molecule has 25 heavy (non-hydrogen) atoms. The molecule has 4 rings (SSSR count). The summed E-state index contributed by atoms with van der Waals surface area (Å²) >= 11 is 3.50. The molecular weight excluding hydrogens is 386 g/mol. The first kappa shape index (κ1) is 15.8. The number of fused-ring (bicyclic) bond motifs is 3. The second kappa shape index (κ2) is 6.00. The molecule has 2 aromatic carbocycles. The molecule has 1 N–H and O–H groups in total. The standard InChI is InChI=1S/C18H14BrN3O3/c19-12-3-6-16-15(9-12)14-7-8-20-18(23)17(14)21(16)10-11-1-4-13(5-2-11)22(24)25/h1-6,9H,7-8,10H2,(H,20,23). The first-order valence-electron chi connectivity index (χ1n) is 7.87. The number of nitro benzene ring substituents is 1. The van der Waals surface area contributed by atoms with E-state index in [1.165, 1.54) is 12.1 Å². The van der Waals surface area contributed by atoms with Gasteiger partial charge in [-0.1, -0.05) is 28.1 Å². The summed E-state index contributed by atoms with van der Waals surface area (Å²) in [5, 5.41) is 14.8. The van der Waals surface area contributed by atoms with Crippen molar-refractivity contribution in [2.75, 3.05) is 6.54 Å². The molecule has 0 saturated heterocycles. The number of aromatic nitrogens is 1. The summed E-state index contributed by atoms with van der Waals surface area (Å²) in [6, 6.07) is 12.4. The number of benzene rings is 2. The lowest BCUT2D eigenvalue weighted by atomic mass is 10.0. The Labute approximate surface area is 151 Å². The highest BCUT2D eigenvalue weighted by molar-refractivity contribution is 9.10. The predicted octanol–water partition coefficient (Wildman–Crippen LogP) is 3.65. The summed E-state index contributed by atoms with van der Waals surface area (Å²) in [6.45, 7) is 1.12. The van der Waals surface area contributed by atoms with Gasteiger partial charge in [0, 0.05) is 40.6 Å². The molecule has 0 fully saturated rings. The second-order valence-corrected chi connectivity index (χ2v) is 6.92. The van der Waals surface area contributed by atoms with Gasteiger partial charge in [-0.25, -0.2) is 0 Å². The van der Waals surface area contributed by atoms with Crippen LogP contribution in [0.1, 0.15) is 21.6 Å². The molecule has 1 aromatic heterocycles. The van der Waals surface area contributed by atoms with Crippen LogP contribution < -0.4 is 5.32 Å². The van der Waals surface area contributed by atoms with Gasteiger partial charge < -0.3 is 9.88 Å². The van der Waals surface area contributed by atoms with Crippen molar-refractivity contribution in [3.63, 3.8) is 0 Å². The Kier molecular flexibility index (Phi) is 3.80. The summed E-state index contributed by atoms with van der Waals surface area (Å²) < 4.78 is 2.97. The van der Waals surface area contributed by atoms with Crippen LogP contribution in [0.4, 0.5) is 5.69 Å². The first-order valence-corrected chi connectivity index (χ1v) is 8.66. The molecule has 0 spiro atoms. The van der Waals surface area contributed by atoms with Gasteiger partial charge in [-0.2, -0.15) is 0 Å². The zero-order chi connectivity index (χ0) is 17.6. The fourth-order valence-corrected chi connectivity index (χ4v) is 3.72. The lowest BCUT2D eigenvalue weighted by Crippen LogP contribution is -2.33. The molecule has 0 unspecified atom stereocenters. The topological polar surface area (TPSA) is 77.2 Å².